The molecule has 1 N–H and O–H groups in total. The number of benzene rings is 1. The minimum absolute atomic E-state index is 0. The molecule has 7 heteroatoms. The Hall–Kier alpha value is -1.85. The summed E-state index contributed by atoms with van der Waals surface area (Å²) in [6.07, 6.45) is 4.80. The zero-order chi connectivity index (χ0) is 11.7. The second kappa shape index (κ2) is 5.20. The minimum Gasteiger partial charge on any atom is -0.291 e. The van der Waals surface area contributed by atoms with E-state index in [4.69, 9.17) is 11.6 Å². The van der Waals surface area contributed by atoms with E-state index in [-0.39, 0.29) is 12.4 Å². The van der Waals surface area contributed by atoms with Gasteiger partial charge in [-0.3, -0.25) is 5.43 Å². The molecule has 0 amide bonds. The first kappa shape index (κ1) is 12.6. The predicted octanol–water partition coefficient (Wildman–Crippen LogP) is 2.78. The van der Waals surface area contributed by atoms with Crippen LogP contribution < -0.4 is 5.43 Å². The van der Waals surface area contributed by atoms with E-state index < -0.39 is 0 Å². The van der Waals surface area contributed by atoms with Crippen molar-refractivity contribution in [1.29, 1.82) is 0 Å². The van der Waals surface area contributed by atoms with Gasteiger partial charge in [0, 0.05) is 5.02 Å². The monoisotopic (exact) mass is 281 g/mol. The van der Waals surface area contributed by atoms with Crippen LogP contribution in [0.25, 0.3) is 11.2 Å². The fourth-order valence-corrected chi connectivity index (χ4v) is 1.74. The van der Waals surface area contributed by atoms with Gasteiger partial charge in [0.15, 0.2) is 5.65 Å². The molecule has 0 spiro atoms. The minimum atomic E-state index is 0. The molecule has 0 saturated heterocycles. The quantitative estimate of drug-likeness (QED) is 0.785. The smallest absolute Gasteiger partial charge is 0.182 e. The molecule has 0 fully saturated rings. The summed E-state index contributed by atoms with van der Waals surface area (Å²) in [7, 11) is 0. The highest BCUT2D eigenvalue weighted by Crippen LogP contribution is 2.16. The second-order valence-electron chi connectivity index (χ2n) is 3.47. The van der Waals surface area contributed by atoms with E-state index in [1.807, 2.05) is 24.3 Å². The third-order valence-corrected chi connectivity index (χ3v) is 2.52. The van der Waals surface area contributed by atoms with Crippen molar-refractivity contribution >= 4 is 40.9 Å². The summed E-state index contributed by atoms with van der Waals surface area (Å²) >= 11 is 5.91. The van der Waals surface area contributed by atoms with Crippen LogP contribution in [0.2, 0.25) is 5.02 Å². The summed E-state index contributed by atoms with van der Waals surface area (Å²) in [5.41, 5.74) is 5.48. The molecule has 1 aromatic carbocycles. The Bertz CT molecular complexity index is 667. The highest BCUT2D eigenvalue weighted by molar-refractivity contribution is 6.30. The average Bonchev–Trinajstić information content (AvgIpc) is 2.73. The zero-order valence-electron chi connectivity index (χ0n) is 9.12. The number of hydrogen-bond acceptors (Lipinski definition) is 4. The molecule has 0 aliphatic carbocycles. The first-order valence-electron chi connectivity index (χ1n) is 4.98. The third-order valence-electron chi connectivity index (χ3n) is 2.29. The van der Waals surface area contributed by atoms with E-state index in [0.29, 0.717) is 5.02 Å². The van der Waals surface area contributed by atoms with E-state index in [0.717, 1.165) is 16.9 Å². The van der Waals surface area contributed by atoms with E-state index >= 15 is 0 Å². The van der Waals surface area contributed by atoms with Gasteiger partial charge >= 0.3 is 0 Å². The van der Waals surface area contributed by atoms with Crippen molar-refractivity contribution in [2.24, 2.45) is 0 Å². The van der Waals surface area contributed by atoms with Gasteiger partial charge < -0.3 is 0 Å². The summed E-state index contributed by atoms with van der Waals surface area (Å²) in [5, 5.41) is 0.675. The molecule has 2 heterocycles. The van der Waals surface area contributed by atoms with Gasteiger partial charge in [-0.25, -0.2) is 19.6 Å². The topological polar surface area (TPSA) is 55.6 Å². The van der Waals surface area contributed by atoms with Crippen molar-refractivity contribution < 1.29 is 0 Å². The number of nitrogens with one attached hydrogen (secondary N) is 1. The maximum absolute atomic E-state index is 5.91. The Kier molecular flexibility index (Phi) is 3.64. The highest BCUT2D eigenvalue weighted by atomic mass is 35.5. The molecule has 3 aromatic rings. The standard InChI is InChI=1S/C11H8ClN5.ClH/c12-8-2-1-3-9(4-8)16-17-7-15-10-5-13-6-14-11(10)17;/h1-7,16H;1H. The number of rotatable bonds is 2. The Morgan fingerprint density at radius 2 is 2.11 bits per heavy atom. The fourth-order valence-electron chi connectivity index (χ4n) is 1.55. The fraction of sp³-hybridized carbons (Fsp3) is 0. The molecule has 0 saturated carbocycles. The van der Waals surface area contributed by atoms with Gasteiger partial charge in [0.1, 0.15) is 18.2 Å². The van der Waals surface area contributed by atoms with E-state index in [1.165, 1.54) is 6.33 Å². The first-order valence-corrected chi connectivity index (χ1v) is 5.36. The molecule has 3 rings (SSSR count). The van der Waals surface area contributed by atoms with Crippen LogP contribution in [-0.2, 0) is 0 Å². The second-order valence-corrected chi connectivity index (χ2v) is 3.90. The summed E-state index contributed by atoms with van der Waals surface area (Å²) in [6, 6.07) is 7.44. The Morgan fingerprint density at radius 1 is 1.22 bits per heavy atom. The van der Waals surface area contributed by atoms with Crippen LogP contribution in [0.1, 0.15) is 0 Å². The van der Waals surface area contributed by atoms with Gasteiger partial charge in [0.05, 0.1) is 11.9 Å². The van der Waals surface area contributed by atoms with Gasteiger partial charge in [0.2, 0.25) is 0 Å². The van der Waals surface area contributed by atoms with Crippen LogP contribution in [0, 0.1) is 0 Å². The number of nitrogens with zero attached hydrogens (tertiary/aromatic N) is 4. The lowest BCUT2D eigenvalue weighted by Crippen LogP contribution is -2.07. The molecular formula is C11H9Cl2N5. The lowest BCUT2D eigenvalue weighted by atomic mass is 10.3. The molecule has 0 aliphatic heterocycles. The molecule has 2 aromatic heterocycles. The van der Waals surface area contributed by atoms with Crippen molar-refractivity contribution in [1.82, 2.24) is 19.6 Å². The molecule has 0 aliphatic rings. The van der Waals surface area contributed by atoms with Crippen molar-refractivity contribution in [3.63, 3.8) is 0 Å². The number of hydrogen-bond donors (Lipinski definition) is 1. The van der Waals surface area contributed by atoms with E-state index in [1.54, 1.807) is 17.2 Å². The summed E-state index contributed by atoms with van der Waals surface area (Å²) in [6.45, 7) is 0. The normalized spacial score (nSPS) is 10.1. The van der Waals surface area contributed by atoms with Crippen molar-refractivity contribution in [3.05, 3.63) is 48.1 Å². The van der Waals surface area contributed by atoms with Crippen molar-refractivity contribution in [2.45, 2.75) is 0 Å². The van der Waals surface area contributed by atoms with Gasteiger partial charge in [-0.05, 0) is 18.2 Å². The Morgan fingerprint density at radius 3 is 2.94 bits per heavy atom. The number of halogens is 2. The van der Waals surface area contributed by atoms with Crippen LogP contribution in [0.3, 0.4) is 0 Å². The summed E-state index contributed by atoms with van der Waals surface area (Å²) in [4.78, 5) is 12.2. The van der Waals surface area contributed by atoms with Crippen LogP contribution in [0.15, 0.2) is 43.1 Å². The average molecular weight is 282 g/mol. The summed E-state index contributed by atoms with van der Waals surface area (Å²) < 4.78 is 1.72. The maximum atomic E-state index is 5.91. The van der Waals surface area contributed by atoms with E-state index in [9.17, 15) is 0 Å². The molecular weight excluding hydrogens is 273 g/mol. The largest absolute Gasteiger partial charge is 0.291 e. The number of fused-ring (bicyclic) bond motifs is 1. The zero-order valence-corrected chi connectivity index (χ0v) is 10.7. The molecule has 5 nitrogen and oxygen atoms in total. The Labute approximate surface area is 114 Å². The summed E-state index contributed by atoms with van der Waals surface area (Å²) in [5.74, 6) is 0. The maximum Gasteiger partial charge on any atom is 0.182 e. The highest BCUT2D eigenvalue weighted by Gasteiger charge is 2.03. The third kappa shape index (κ3) is 2.37. The molecule has 0 atom stereocenters. The molecule has 0 bridgehead atoms. The van der Waals surface area contributed by atoms with Gasteiger partial charge in [-0.2, -0.15) is 0 Å². The number of imidazole rings is 1. The number of anilines is 1. The van der Waals surface area contributed by atoms with Crippen LogP contribution >= 0.6 is 24.0 Å². The van der Waals surface area contributed by atoms with Gasteiger partial charge in [-0.1, -0.05) is 17.7 Å². The van der Waals surface area contributed by atoms with Crippen molar-refractivity contribution in [3.8, 4) is 0 Å². The molecule has 18 heavy (non-hydrogen) atoms. The van der Waals surface area contributed by atoms with Crippen molar-refractivity contribution in [2.75, 3.05) is 5.43 Å². The number of aromatic nitrogens is 4. The van der Waals surface area contributed by atoms with Crippen LogP contribution in [0.5, 0.6) is 0 Å². The van der Waals surface area contributed by atoms with Crippen LogP contribution in [-0.4, -0.2) is 19.6 Å². The predicted molar refractivity (Wildman–Crippen MR) is 73.0 cm³/mol. The SMILES string of the molecule is Cl.Clc1cccc(Nn2cnc3cncnc32)c1. The van der Waals surface area contributed by atoms with E-state index in [2.05, 4.69) is 20.4 Å². The Balaban J connectivity index is 0.00000120. The molecule has 92 valence electrons. The van der Waals surface area contributed by atoms with Gasteiger partial charge in [-0.15, -0.1) is 12.4 Å². The molecule has 0 unspecified atom stereocenters. The lowest BCUT2D eigenvalue weighted by Gasteiger charge is -2.07. The van der Waals surface area contributed by atoms with Gasteiger partial charge in [0.25, 0.3) is 0 Å². The first-order chi connectivity index (χ1) is 8.33. The van der Waals surface area contributed by atoms with Crippen LogP contribution in [0.4, 0.5) is 5.69 Å². The lowest BCUT2D eigenvalue weighted by molar-refractivity contribution is 0.967. The molecule has 0 radical (unpaired) electrons.